The van der Waals surface area contributed by atoms with Crippen LogP contribution in [0.15, 0.2) is 29.6 Å². The van der Waals surface area contributed by atoms with E-state index in [0.29, 0.717) is 6.61 Å². The molecule has 0 atom stereocenters. The summed E-state index contributed by atoms with van der Waals surface area (Å²) in [4.78, 5) is 4.56. The van der Waals surface area contributed by atoms with Crippen LogP contribution < -0.4 is 5.32 Å². The van der Waals surface area contributed by atoms with E-state index in [0.717, 1.165) is 17.4 Å². The van der Waals surface area contributed by atoms with E-state index in [4.69, 9.17) is 4.74 Å². The first-order valence-electron chi connectivity index (χ1n) is 5.55. The van der Waals surface area contributed by atoms with E-state index < -0.39 is 0 Å². The van der Waals surface area contributed by atoms with Gasteiger partial charge in [-0.05, 0) is 12.5 Å². The molecular weight excluding hydrogens is 232 g/mol. The number of anilines is 1. The van der Waals surface area contributed by atoms with E-state index in [9.17, 15) is 0 Å². The molecule has 0 aliphatic carbocycles. The van der Waals surface area contributed by atoms with Crippen molar-refractivity contribution >= 4 is 16.5 Å². The highest BCUT2D eigenvalue weighted by molar-refractivity contribution is 7.14. The van der Waals surface area contributed by atoms with Crippen LogP contribution in [0, 0.1) is 6.92 Å². The lowest BCUT2D eigenvalue weighted by molar-refractivity contribution is 0.211. The molecule has 0 aliphatic heterocycles. The Kier molecular flexibility index (Phi) is 4.12. The van der Waals surface area contributed by atoms with Crippen molar-refractivity contribution in [3.8, 4) is 11.3 Å². The van der Waals surface area contributed by atoms with Gasteiger partial charge in [-0.25, -0.2) is 4.98 Å². The van der Waals surface area contributed by atoms with Crippen molar-refractivity contribution in [2.45, 2.75) is 6.92 Å². The molecule has 0 unspecified atom stereocenters. The number of methoxy groups -OCH3 is 1. The van der Waals surface area contributed by atoms with Crippen molar-refractivity contribution in [3.05, 3.63) is 35.2 Å². The Hall–Kier alpha value is -1.39. The molecule has 1 aromatic heterocycles. The number of ether oxygens (including phenoxy) is 1. The summed E-state index contributed by atoms with van der Waals surface area (Å²) in [6.45, 7) is 3.59. The van der Waals surface area contributed by atoms with Crippen molar-refractivity contribution in [2.24, 2.45) is 0 Å². The second-order valence-electron chi connectivity index (χ2n) is 3.77. The smallest absolute Gasteiger partial charge is 0.183 e. The lowest BCUT2D eigenvalue weighted by atomic mass is 10.1. The number of nitrogens with one attached hydrogen (secondary N) is 1. The molecule has 4 heteroatoms. The van der Waals surface area contributed by atoms with Crippen LogP contribution in [0.1, 0.15) is 5.56 Å². The molecule has 2 rings (SSSR count). The standard InChI is InChI=1S/C13H16N2OS/c1-10-5-3-4-6-11(10)12-9-17-13(15-12)14-7-8-16-2/h3-6,9H,7-8H2,1-2H3,(H,14,15). The number of benzene rings is 1. The molecule has 0 saturated heterocycles. The Morgan fingerprint density at radius 1 is 1.35 bits per heavy atom. The molecule has 0 saturated carbocycles. The van der Waals surface area contributed by atoms with E-state index in [2.05, 4.69) is 34.7 Å². The Morgan fingerprint density at radius 3 is 2.94 bits per heavy atom. The van der Waals surface area contributed by atoms with Gasteiger partial charge in [-0.1, -0.05) is 24.3 Å². The molecule has 0 spiro atoms. The predicted molar refractivity (Wildman–Crippen MR) is 72.7 cm³/mol. The lowest BCUT2D eigenvalue weighted by Gasteiger charge is -2.02. The number of aromatic nitrogens is 1. The minimum atomic E-state index is 0.694. The van der Waals surface area contributed by atoms with Gasteiger partial charge in [-0.15, -0.1) is 11.3 Å². The van der Waals surface area contributed by atoms with E-state index in [1.54, 1.807) is 18.4 Å². The fraction of sp³-hybridized carbons (Fsp3) is 0.308. The molecule has 1 heterocycles. The molecule has 2 aromatic rings. The van der Waals surface area contributed by atoms with Crippen molar-refractivity contribution in [2.75, 3.05) is 25.6 Å². The maximum atomic E-state index is 4.99. The first-order valence-corrected chi connectivity index (χ1v) is 6.43. The first-order chi connectivity index (χ1) is 8.31. The highest BCUT2D eigenvalue weighted by Gasteiger charge is 2.05. The van der Waals surface area contributed by atoms with Crippen molar-refractivity contribution in [1.82, 2.24) is 4.98 Å². The topological polar surface area (TPSA) is 34.1 Å². The van der Waals surface area contributed by atoms with Gasteiger partial charge in [0.15, 0.2) is 5.13 Å². The zero-order valence-corrected chi connectivity index (χ0v) is 10.9. The number of aryl methyl sites for hydroxylation is 1. The number of hydrogen-bond donors (Lipinski definition) is 1. The molecule has 0 fully saturated rings. The van der Waals surface area contributed by atoms with Gasteiger partial charge in [0.1, 0.15) is 0 Å². The highest BCUT2D eigenvalue weighted by Crippen LogP contribution is 2.26. The van der Waals surface area contributed by atoms with Crippen molar-refractivity contribution in [3.63, 3.8) is 0 Å². The summed E-state index contributed by atoms with van der Waals surface area (Å²) in [7, 11) is 1.70. The fourth-order valence-corrected chi connectivity index (χ4v) is 2.34. The monoisotopic (exact) mass is 248 g/mol. The third-order valence-electron chi connectivity index (χ3n) is 2.51. The largest absolute Gasteiger partial charge is 0.383 e. The zero-order chi connectivity index (χ0) is 12.1. The van der Waals surface area contributed by atoms with E-state index >= 15 is 0 Å². The number of thiazole rings is 1. The summed E-state index contributed by atoms with van der Waals surface area (Å²) in [5.41, 5.74) is 3.48. The van der Waals surface area contributed by atoms with Gasteiger partial charge >= 0.3 is 0 Å². The van der Waals surface area contributed by atoms with Gasteiger partial charge in [-0.3, -0.25) is 0 Å². The summed E-state index contributed by atoms with van der Waals surface area (Å²) in [5, 5.41) is 6.26. The summed E-state index contributed by atoms with van der Waals surface area (Å²) < 4.78 is 4.99. The lowest BCUT2D eigenvalue weighted by Crippen LogP contribution is -2.07. The number of nitrogens with zero attached hydrogens (tertiary/aromatic N) is 1. The maximum Gasteiger partial charge on any atom is 0.183 e. The van der Waals surface area contributed by atoms with Gasteiger partial charge in [0.25, 0.3) is 0 Å². The Bertz CT molecular complexity index is 482. The Morgan fingerprint density at radius 2 is 2.18 bits per heavy atom. The summed E-state index contributed by atoms with van der Waals surface area (Å²) in [6, 6.07) is 8.29. The van der Waals surface area contributed by atoms with Crippen LogP contribution in [0.4, 0.5) is 5.13 Å². The molecule has 1 N–H and O–H groups in total. The quantitative estimate of drug-likeness (QED) is 0.825. The second kappa shape index (κ2) is 5.80. The third kappa shape index (κ3) is 3.05. The highest BCUT2D eigenvalue weighted by atomic mass is 32.1. The minimum Gasteiger partial charge on any atom is -0.383 e. The average Bonchev–Trinajstić information content (AvgIpc) is 2.79. The SMILES string of the molecule is COCCNc1nc(-c2ccccc2C)cs1. The maximum absolute atomic E-state index is 4.99. The minimum absolute atomic E-state index is 0.694. The number of rotatable bonds is 5. The van der Waals surface area contributed by atoms with Crippen molar-refractivity contribution < 1.29 is 4.74 Å². The summed E-state index contributed by atoms with van der Waals surface area (Å²) >= 11 is 1.63. The second-order valence-corrected chi connectivity index (χ2v) is 4.63. The normalized spacial score (nSPS) is 10.5. The average molecular weight is 248 g/mol. The van der Waals surface area contributed by atoms with Gasteiger partial charge < -0.3 is 10.1 Å². The molecular formula is C13H16N2OS. The van der Waals surface area contributed by atoms with Crippen LogP contribution in [0.2, 0.25) is 0 Å². The van der Waals surface area contributed by atoms with Crippen LogP contribution in [-0.4, -0.2) is 25.2 Å². The van der Waals surface area contributed by atoms with E-state index in [1.165, 1.54) is 11.1 Å². The van der Waals surface area contributed by atoms with Crippen LogP contribution in [-0.2, 0) is 4.74 Å². The Labute approximate surface area is 105 Å². The first kappa shape index (κ1) is 12.1. The Balaban J connectivity index is 2.10. The molecule has 0 amide bonds. The number of hydrogen-bond acceptors (Lipinski definition) is 4. The zero-order valence-electron chi connectivity index (χ0n) is 10.1. The molecule has 1 aromatic carbocycles. The van der Waals surface area contributed by atoms with Gasteiger partial charge in [0.2, 0.25) is 0 Å². The third-order valence-corrected chi connectivity index (χ3v) is 3.31. The van der Waals surface area contributed by atoms with E-state index in [-0.39, 0.29) is 0 Å². The summed E-state index contributed by atoms with van der Waals surface area (Å²) in [6.07, 6.45) is 0. The summed E-state index contributed by atoms with van der Waals surface area (Å²) in [5.74, 6) is 0. The van der Waals surface area contributed by atoms with Crippen molar-refractivity contribution in [1.29, 1.82) is 0 Å². The van der Waals surface area contributed by atoms with Gasteiger partial charge in [0.05, 0.1) is 12.3 Å². The van der Waals surface area contributed by atoms with Gasteiger partial charge in [0, 0.05) is 24.6 Å². The molecule has 17 heavy (non-hydrogen) atoms. The van der Waals surface area contributed by atoms with Gasteiger partial charge in [-0.2, -0.15) is 0 Å². The molecule has 0 radical (unpaired) electrons. The van der Waals surface area contributed by atoms with Crippen LogP contribution in [0.25, 0.3) is 11.3 Å². The molecule has 0 bridgehead atoms. The molecule has 90 valence electrons. The van der Waals surface area contributed by atoms with Crippen LogP contribution in [0.3, 0.4) is 0 Å². The fourth-order valence-electron chi connectivity index (χ4n) is 1.60. The molecule has 0 aliphatic rings. The predicted octanol–water partition coefficient (Wildman–Crippen LogP) is 3.18. The van der Waals surface area contributed by atoms with E-state index in [1.807, 2.05) is 12.1 Å². The van der Waals surface area contributed by atoms with Crippen LogP contribution in [0.5, 0.6) is 0 Å². The van der Waals surface area contributed by atoms with Crippen LogP contribution >= 0.6 is 11.3 Å². The molecule has 3 nitrogen and oxygen atoms in total.